The number of hydrogen-bond donors (Lipinski definition) is 3. The highest BCUT2D eigenvalue weighted by molar-refractivity contribution is 6.48. The molecule has 1 aromatic heterocycles. The van der Waals surface area contributed by atoms with Gasteiger partial charge >= 0.3 is 7.12 Å². The van der Waals surface area contributed by atoms with Gasteiger partial charge in [-0.25, -0.2) is 4.98 Å². The van der Waals surface area contributed by atoms with Gasteiger partial charge in [0, 0.05) is 12.1 Å². The molecule has 3 aliphatic carbocycles. The zero-order valence-electron chi connectivity index (χ0n) is 27.5. The monoisotopic (exact) mass is 625 g/mol. The number of benzene rings is 2. The first-order valence-corrected chi connectivity index (χ1v) is 16.4. The molecule has 3 saturated carbocycles. The molecule has 242 valence electrons. The lowest BCUT2D eigenvalue weighted by Gasteiger charge is -2.64. The van der Waals surface area contributed by atoms with Gasteiger partial charge in [0.05, 0.1) is 34.9 Å². The van der Waals surface area contributed by atoms with Gasteiger partial charge in [0.25, 0.3) is 11.8 Å². The quantitative estimate of drug-likeness (QED) is 0.287. The molecule has 0 unspecified atom stereocenters. The molecule has 4 aliphatic rings. The Balaban J connectivity index is 1.21. The second kappa shape index (κ2) is 12.4. The molecular weight excluding hydrogens is 581 g/mol. The largest absolute Gasteiger partial charge is 0.481 e. The average molecular weight is 626 g/mol. The molecule has 2 bridgehead atoms. The molecule has 3 N–H and O–H groups in total. The van der Waals surface area contributed by atoms with Gasteiger partial charge in [0.15, 0.2) is 0 Å². The van der Waals surface area contributed by atoms with Gasteiger partial charge in [-0.05, 0) is 80.5 Å². The van der Waals surface area contributed by atoms with E-state index in [4.69, 9.17) is 9.31 Å². The fraction of sp³-hybridized carbons (Fsp3) is 0.514. The van der Waals surface area contributed by atoms with E-state index in [1.807, 2.05) is 37.3 Å². The summed E-state index contributed by atoms with van der Waals surface area (Å²) < 4.78 is 13.3. The number of fused-ring (bicyclic) bond motifs is 1. The van der Waals surface area contributed by atoms with Crippen molar-refractivity contribution in [2.24, 2.45) is 23.2 Å². The molecule has 7 rings (SSSR count). The molecule has 0 radical (unpaired) electrons. The van der Waals surface area contributed by atoms with Crippen molar-refractivity contribution in [3.05, 3.63) is 71.5 Å². The lowest BCUT2D eigenvalue weighted by atomic mass is 9.43. The first-order valence-electron chi connectivity index (χ1n) is 16.4. The van der Waals surface area contributed by atoms with Crippen molar-refractivity contribution in [3.63, 3.8) is 0 Å². The molecule has 3 aromatic rings. The molecule has 0 spiro atoms. The zero-order valence-corrected chi connectivity index (χ0v) is 27.5. The van der Waals surface area contributed by atoms with Crippen LogP contribution >= 0.6 is 0 Å². The molecular formula is C35H44BN5O5. The summed E-state index contributed by atoms with van der Waals surface area (Å²) in [6.07, 6.45) is 4.04. The van der Waals surface area contributed by atoms with E-state index in [0.29, 0.717) is 34.9 Å². The topological polar surface area (TPSA) is 132 Å². The number of amides is 3. The highest BCUT2D eigenvalue weighted by Crippen LogP contribution is 2.65. The Labute approximate surface area is 271 Å². The third-order valence-electron chi connectivity index (χ3n) is 10.4. The summed E-state index contributed by atoms with van der Waals surface area (Å²) in [5, 5.41) is 8.75. The first kappa shape index (κ1) is 32.1. The number of rotatable bonds is 10. The fourth-order valence-corrected chi connectivity index (χ4v) is 7.61. The number of nitrogens with zero attached hydrogens (tertiary/aromatic N) is 2. The van der Waals surface area contributed by atoms with Gasteiger partial charge in [-0.3, -0.25) is 19.4 Å². The Bertz CT molecular complexity index is 1630. The zero-order chi connectivity index (χ0) is 32.8. The second-order valence-electron chi connectivity index (χ2n) is 14.4. The summed E-state index contributed by atoms with van der Waals surface area (Å²) in [6.45, 7) is 12.8. The highest BCUT2D eigenvalue weighted by atomic mass is 16.7. The van der Waals surface area contributed by atoms with E-state index >= 15 is 0 Å². The second-order valence-corrected chi connectivity index (χ2v) is 14.4. The number of carbonyl (C=O) groups excluding carboxylic acids is 3. The molecule has 2 heterocycles. The Kier molecular flexibility index (Phi) is 8.67. The molecule has 1 aliphatic heterocycles. The van der Waals surface area contributed by atoms with Crippen LogP contribution in [0.1, 0.15) is 80.3 Å². The fourth-order valence-electron chi connectivity index (χ4n) is 7.61. The molecule has 46 heavy (non-hydrogen) atoms. The van der Waals surface area contributed by atoms with E-state index in [1.54, 1.807) is 18.2 Å². The van der Waals surface area contributed by atoms with E-state index in [0.717, 1.165) is 18.4 Å². The minimum Gasteiger partial charge on any atom is -0.404 e. The lowest BCUT2D eigenvalue weighted by molar-refractivity contribution is -0.199. The van der Waals surface area contributed by atoms with E-state index in [1.165, 1.54) is 6.20 Å². The summed E-state index contributed by atoms with van der Waals surface area (Å²) in [6, 6.07) is 13.3. The SMILES string of the molecule is Cc1ccc(C(=O)NC[C@H](NC(=O)c2cnc3ccccc3n2)C(=O)N[C@@H](CC(C)C)B2O[C@@H]3C[C@H]4C[C@H](C4(C)C)[C@]3(C)O2)cc1. The molecule has 10 nitrogen and oxygen atoms in total. The molecule has 1 saturated heterocycles. The lowest BCUT2D eigenvalue weighted by Crippen LogP contribution is -2.65. The maximum atomic E-state index is 14.0. The summed E-state index contributed by atoms with van der Waals surface area (Å²) in [5.41, 5.74) is 2.54. The molecule has 3 amide bonds. The van der Waals surface area contributed by atoms with E-state index in [2.05, 4.69) is 60.5 Å². The van der Waals surface area contributed by atoms with Gasteiger partial charge in [0.1, 0.15) is 11.7 Å². The summed E-state index contributed by atoms with van der Waals surface area (Å²) in [5.74, 6) is -0.603. The Morgan fingerprint density at radius 2 is 1.70 bits per heavy atom. The van der Waals surface area contributed by atoms with Crippen LogP contribution in [0.25, 0.3) is 11.0 Å². The first-order chi connectivity index (χ1) is 21.8. The van der Waals surface area contributed by atoms with Crippen LogP contribution in [0.3, 0.4) is 0 Å². The van der Waals surface area contributed by atoms with Crippen molar-refractivity contribution in [1.29, 1.82) is 0 Å². The van der Waals surface area contributed by atoms with Crippen LogP contribution in [0, 0.1) is 30.1 Å². The number of hydrogen-bond acceptors (Lipinski definition) is 7. The predicted octanol–water partition coefficient (Wildman–Crippen LogP) is 4.27. The molecule has 4 fully saturated rings. The maximum absolute atomic E-state index is 14.0. The summed E-state index contributed by atoms with van der Waals surface area (Å²) >= 11 is 0. The minimum atomic E-state index is -1.10. The van der Waals surface area contributed by atoms with Gasteiger partial charge in [-0.15, -0.1) is 0 Å². The van der Waals surface area contributed by atoms with Gasteiger partial charge in [0.2, 0.25) is 5.91 Å². The van der Waals surface area contributed by atoms with Gasteiger partial charge in [-0.1, -0.05) is 57.5 Å². The van der Waals surface area contributed by atoms with E-state index in [9.17, 15) is 14.4 Å². The third kappa shape index (κ3) is 6.14. The van der Waals surface area contributed by atoms with Crippen LogP contribution in [0.5, 0.6) is 0 Å². The maximum Gasteiger partial charge on any atom is 0.481 e. The number of carbonyl (C=O) groups is 3. The number of nitrogens with one attached hydrogen (secondary N) is 3. The smallest absolute Gasteiger partial charge is 0.404 e. The third-order valence-corrected chi connectivity index (χ3v) is 10.4. The van der Waals surface area contributed by atoms with Crippen LogP contribution in [0.2, 0.25) is 0 Å². The average Bonchev–Trinajstić information content (AvgIpc) is 3.39. The van der Waals surface area contributed by atoms with Crippen molar-refractivity contribution < 1.29 is 23.7 Å². The number of para-hydroxylation sites is 2. The van der Waals surface area contributed by atoms with Crippen molar-refractivity contribution in [1.82, 2.24) is 25.9 Å². The normalized spacial score (nSPS) is 25.7. The van der Waals surface area contributed by atoms with Crippen LogP contribution in [-0.2, 0) is 14.1 Å². The highest BCUT2D eigenvalue weighted by Gasteiger charge is 2.68. The van der Waals surface area contributed by atoms with Gasteiger partial charge < -0.3 is 25.3 Å². The van der Waals surface area contributed by atoms with Crippen LogP contribution in [0.15, 0.2) is 54.7 Å². The van der Waals surface area contributed by atoms with Crippen molar-refractivity contribution >= 4 is 35.9 Å². The molecule has 2 aromatic carbocycles. The van der Waals surface area contributed by atoms with E-state index < -0.39 is 36.5 Å². The standard InChI is InChI=1S/C35H44BN5O5/c1-20(2)15-30(36-45-29-17-23-16-28(34(23,4)5)35(29,6)46-36)41-33(44)27(19-38-31(42)22-13-11-21(3)12-14-22)40-32(43)26-18-37-24-9-7-8-10-25(24)39-26/h7-14,18,20,23,27-30H,15-17,19H2,1-6H3,(H,38,42)(H,40,43)(H,41,44)/t23-,27+,28-,29-,30+,35+/m1/s1. The Morgan fingerprint density at radius 1 is 0.978 bits per heavy atom. The van der Waals surface area contributed by atoms with E-state index in [-0.39, 0.29) is 35.6 Å². The summed E-state index contributed by atoms with van der Waals surface area (Å²) in [7, 11) is -0.624. The van der Waals surface area contributed by atoms with Gasteiger partial charge in [-0.2, -0.15) is 0 Å². The van der Waals surface area contributed by atoms with Crippen LogP contribution in [0.4, 0.5) is 0 Å². The number of aryl methyl sites for hydroxylation is 1. The van der Waals surface area contributed by atoms with Crippen LogP contribution in [-0.4, -0.2) is 65.0 Å². The van der Waals surface area contributed by atoms with Crippen molar-refractivity contribution in [2.75, 3.05) is 6.54 Å². The van der Waals surface area contributed by atoms with Crippen molar-refractivity contribution in [2.45, 2.75) is 84.5 Å². The Hall–Kier alpha value is -3.83. The molecule has 11 heteroatoms. The minimum absolute atomic E-state index is 0.0309. The number of aromatic nitrogens is 2. The predicted molar refractivity (Wildman–Crippen MR) is 176 cm³/mol. The molecule has 6 atom stereocenters. The Morgan fingerprint density at radius 3 is 2.39 bits per heavy atom. The summed E-state index contributed by atoms with van der Waals surface area (Å²) in [4.78, 5) is 49.2. The van der Waals surface area contributed by atoms with Crippen molar-refractivity contribution in [3.8, 4) is 0 Å². The van der Waals surface area contributed by atoms with Crippen LogP contribution < -0.4 is 16.0 Å².